The topological polar surface area (TPSA) is 12.9 Å². The summed E-state index contributed by atoms with van der Waals surface area (Å²) >= 11 is 4.09. The molecule has 0 radical (unpaired) electrons. The second kappa shape index (κ2) is 4.18. The summed E-state index contributed by atoms with van der Waals surface area (Å²) in [6.45, 7) is 2.01. The zero-order chi connectivity index (χ0) is 7.40. The minimum Gasteiger partial charge on any atom is -0.247 e. The van der Waals surface area contributed by atoms with Gasteiger partial charge in [-0.2, -0.15) is 0 Å². The lowest BCUT2D eigenvalue weighted by Crippen LogP contribution is -1.81. The Morgan fingerprint density at radius 1 is 1.60 bits per heavy atom. The fourth-order valence-electron chi connectivity index (χ4n) is 0.654. The van der Waals surface area contributed by atoms with Crippen LogP contribution in [0.2, 0.25) is 0 Å². The number of thioether (sulfide) groups is 1. The predicted octanol–water partition coefficient (Wildman–Crippen LogP) is 2.87. The van der Waals surface area contributed by atoms with Gasteiger partial charge in [-0.1, -0.05) is 40.4 Å². The Morgan fingerprint density at radius 3 is 3.00 bits per heavy atom. The van der Waals surface area contributed by atoms with Gasteiger partial charge in [0, 0.05) is 5.69 Å². The molecule has 0 unspecified atom stereocenters. The molecule has 0 amide bonds. The molecule has 1 nitrogen and oxygen atoms in total. The van der Waals surface area contributed by atoms with E-state index in [0.29, 0.717) is 0 Å². The SMILES string of the molecule is Cc1cccc(SCI)n1. The Bertz CT molecular complexity index is 215. The molecule has 1 heterocycles. The van der Waals surface area contributed by atoms with Gasteiger partial charge < -0.3 is 0 Å². The highest BCUT2D eigenvalue weighted by Gasteiger charge is 1.91. The van der Waals surface area contributed by atoms with Gasteiger partial charge in [-0.15, -0.1) is 0 Å². The van der Waals surface area contributed by atoms with Crippen LogP contribution in [-0.2, 0) is 0 Å². The average Bonchev–Trinajstić information content (AvgIpc) is 1.88. The summed E-state index contributed by atoms with van der Waals surface area (Å²) in [6, 6.07) is 6.09. The summed E-state index contributed by atoms with van der Waals surface area (Å²) in [5.41, 5.74) is 1.09. The highest BCUT2D eigenvalue weighted by atomic mass is 127. The van der Waals surface area contributed by atoms with Crippen LogP contribution in [0.4, 0.5) is 0 Å². The van der Waals surface area contributed by atoms with Crippen LogP contribution in [-0.4, -0.2) is 8.74 Å². The van der Waals surface area contributed by atoms with Gasteiger partial charge in [0.1, 0.15) is 0 Å². The van der Waals surface area contributed by atoms with E-state index in [1.807, 2.05) is 25.1 Å². The summed E-state index contributed by atoms with van der Waals surface area (Å²) in [6.07, 6.45) is 0. The molecule has 0 aromatic carbocycles. The molecule has 1 aromatic rings. The fraction of sp³-hybridized carbons (Fsp3) is 0.286. The zero-order valence-corrected chi connectivity index (χ0v) is 8.65. The Morgan fingerprint density at radius 2 is 2.40 bits per heavy atom. The van der Waals surface area contributed by atoms with E-state index in [9.17, 15) is 0 Å². The van der Waals surface area contributed by atoms with Gasteiger partial charge in [0.05, 0.1) is 8.79 Å². The van der Waals surface area contributed by atoms with E-state index >= 15 is 0 Å². The molecule has 0 fully saturated rings. The summed E-state index contributed by atoms with van der Waals surface area (Å²) in [7, 11) is 0. The number of pyridine rings is 1. The number of halogens is 1. The van der Waals surface area contributed by atoms with Crippen LogP contribution < -0.4 is 0 Å². The second-order valence-electron chi connectivity index (χ2n) is 1.87. The Hall–Kier alpha value is 0.230. The van der Waals surface area contributed by atoms with Crippen molar-refractivity contribution in [2.45, 2.75) is 11.9 Å². The number of hydrogen-bond donors (Lipinski definition) is 0. The smallest absolute Gasteiger partial charge is 0.0970 e. The molecule has 10 heavy (non-hydrogen) atoms. The molecule has 0 aliphatic heterocycles. The van der Waals surface area contributed by atoms with Gasteiger partial charge in [0.15, 0.2) is 0 Å². The summed E-state index contributed by atoms with van der Waals surface area (Å²) in [5, 5.41) is 1.12. The lowest BCUT2D eigenvalue weighted by atomic mass is 10.4. The fourth-order valence-corrected chi connectivity index (χ4v) is 2.11. The lowest BCUT2D eigenvalue weighted by molar-refractivity contribution is 1.07. The quantitative estimate of drug-likeness (QED) is 0.463. The van der Waals surface area contributed by atoms with E-state index in [0.717, 1.165) is 14.5 Å². The molecule has 0 saturated heterocycles. The molecular formula is C7H8INS. The monoisotopic (exact) mass is 265 g/mol. The van der Waals surface area contributed by atoms with E-state index in [1.54, 1.807) is 11.8 Å². The summed E-state index contributed by atoms with van der Waals surface area (Å²) in [4.78, 5) is 4.32. The molecule has 1 aromatic heterocycles. The molecule has 0 N–H and O–H groups in total. The third-order valence-electron chi connectivity index (χ3n) is 1.07. The third kappa shape index (κ3) is 2.46. The van der Waals surface area contributed by atoms with Crippen LogP contribution in [0.1, 0.15) is 5.69 Å². The van der Waals surface area contributed by atoms with E-state index in [1.165, 1.54) is 0 Å². The highest BCUT2D eigenvalue weighted by molar-refractivity contribution is 14.1. The molecule has 3 heteroatoms. The number of rotatable bonds is 2. The van der Waals surface area contributed by atoms with E-state index in [4.69, 9.17) is 0 Å². The molecule has 1 rings (SSSR count). The van der Waals surface area contributed by atoms with Gasteiger partial charge in [-0.25, -0.2) is 4.98 Å². The van der Waals surface area contributed by atoms with Gasteiger partial charge in [0.25, 0.3) is 0 Å². The normalized spacial score (nSPS) is 9.80. The first-order valence-corrected chi connectivity index (χ1v) is 5.46. The average molecular weight is 265 g/mol. The van der Waals surface area contributed by atoms with Crippen LogP contribution >= 0.6 is 34.4 Å². The van der Waals surface area contributed by atoms with E-state index in [-0.39, 0.29) is 0 Å². The zero-order valence-electron chi connectivity index (χ0n) is 5.67. The molecule has 0 aliphatic rings. The molecule has 0 saturated carbocycles. The molecule has 54 valence electrons. The van der Waals surface area contributed by atoms with Crippen LogP contribution in [0, 0.1) is 6.92 Å². The minimum absolute atomic E-state index is 1.06. The van der Waals surface area contributed by atoms with Crippen molar-refractivity contribution in [3.05, 3.63) is 23.9 Å². The highest BCUT2D eigenvalue weighted by Crippen LogP contribution is 2.16. The van der Waals surface area contributed by atoms with Crippen molar-refractivity contribution in [1.29, 1.82) is 0 Å². The van der Waals surface area contributed by atoms with Crippen LogP contribution in [0.5, 0.6) is 0 Å². The minimum atomic E-state index is 1.06. The van der Waals surface area contributed by atoms with E-state index < -0.39 is 0 Å². The largest absolute Gasteiger partial charge is 0.247 e. The first-order valence-electron chi connectivity index (χ1n) is 2.95. The van der Waals surface area contributed by atoms with Gasteiger partial charge in [-0.3, -0.25) is 0 Å². The number of aryl methyl sites for hydroxylation is 1. The molecule has 0 spiro atoms. The summed E-state index contributed by atoms with van der Waals surface area (Å²) < 4.78 is 1.06. The number of nitrogens with zero attached hydrogens (tertiary/aromatic N) is 1. The van der Waals surface area contributed by atoms with Crippen molar-refractivity contribution >= 4 is 34.4 Å². The maximum absolute atomic E-state index is 4.32. The molecular weight excluding hydrogens is 257 g/mol. The first kappa shape index (κ1) is 8.33. The van der Waals surface area contributed by atoms with Gasteiger partial charge >= 0.3 is 0 Å². The third-order valence-corrected chi connectivity index (χ3v) is 2.63. The van der Waals surface area contributed by atoms with Crippen molar-refractivity contribution in [2.75, 3.05) is 3.76 Å². The molecule has 0 atom stereocenters. The Kier molecular flexibility index (Phi) is 3.48. The lowest BCUT2D eigenvalue weighted by Gasteiger charge is -1.96. The van der Waals surface area contributed by atoms with E-state index in [2.05, 4.69) is 27.6 Å². The molecule has 0 bridgehead atoms. The van der Waals surface area contributed by atoms with Gasteiger partial charge in [-0.05, 0) is 19.1 Å². The molecule has 0 aliphatic carbocycles. The van der Waals surface area contributed by atoms with Crippen LogP contribution in [0.25, 0.3) is 0 Å². The number of aromatic nitrogens is 1. The number of hydrogen-bond acceptors (Lipinski definition) is 2. The first-order chi connectivity index (χ1) is 4.83. The van der Waals surface area contributed by atoms with Crippen molar-refractivity contribution in [3.8, 4) is 0 Å². The van der Waals surface area contributed by atoms with Crippen molar-refractivity contribution in [1.82, 2.24) is 4.98 Å². The standard InChI is InChI=1S/C7H8INS/c1-6-3-2-4-7(9-6)10-5-8/h2-4H,5H2,1H3. The van der Waals surface area contributed by atoms with Crippen LogP contribution in [0.15, 0.2) is 23.2 Å². The Balaban J connectivity index is 2.75. The van der Waals surface area contributed by atoms with Crippen molar-refractivity contribution in [2.24, 2.45) is 0 Å². The van der Waals surface area contributed by atoms with Crippen molar-refractivity contribution < 1.29 is 0 Å². The number of alkyl halides is 1. The summed E-state index contributed by atoms with van der Waals surface area (Å²) in [5.74, 6) is 0. The van der Waals surface area contributed by atoms with Gasteiger partial charge in [0.2, 0.25) is 0 Å². The van der Waals surface area contributed by atoms with Crippen molar-refractivity contribution in [3.63, 3.8) is 0 Å². The van der Waals surface area contributed by atoms with Crippen LogP contribution in [0.3, 0.4) is 0 Å². The maximum atomic E-state index is 4.32. The second-order valence-corrected chi connectivity index (χ2v) is 4.66. The predicted molar refractivity (Wildman–Crippen MR) is 53.7 cm³/mol. The Labute approximate surface area is 78.8 Å². The maximum Gasteiger partial charge on any atom is 0.0970 e.